The van der Waals surface area contributed by atoms with Gasteiger partial charge in [0.2, 0.25) is 0 Å². The molecule has 33 heavy (non-hydrogen) atoms. The number of likely N-dealkylation sites (tertiary alicyclic amines) is 2. The van der Waals surface area contributed by atoms with Crippen molar-refractivity contribution >= 4 is 11.7 Å². The summed E-state index contributed by atoms with van der Waals surface area (Å²) in [7, 11) is 0. The summed E-state index contributed by atoms with van der Waals surface area (Å²) in [6.07, 6.45) is 5.51. The van der Waals surface area contributed by atoms with E-state index in [1.165, 1.54) is 18.5 Å². The van der Waals surface area contributed by atoms with Crippen LogP contribution in [0.1, 0.15) is 67.5 Å². The molecule has 4 aliphatic rings. The average molecular weight is 453 g/mol. The van der Waals surface area contributed by atoms with Crippen LogP contribution in [-0.2, 0) is 0 Å². The highest BCUT2D eigenvalue weighted by Crippen LogP contribution is 2.64. The van der Waals surface area contributed by atoms with Crippen LogP contribution in [0.3, 0.4) is 0 Å². The highest BCUT2D eigenvalue weighted by Gasteiger charge is 2.59. The van der Waals surface area contributed by atoms with Crippen LogP contribution in [0, 0.1) is 11.8 Å². The fourth-order valence-corrected chi connectivity index (χ4v) is 6.39. The van der Waals surface area contributed by atoms with E-state index in [1.807, 2.05) is 11.0 Å². The molecule has 0 aromatic carbocycles. The third-order valence-corrected chi connectivity index (χ3v) is 8.23. The second-order valence-electron chi connectivity index (χ2n) is 10.7. The fraction of sp³-hybridized carbons (Fsp3) is 0.640. The number of halogens is 1. The Morgan fingerprint density at radius 3 is 2.48 bits per heavy atom. The maximum atomic E-state index is 13.3. The van der Waals surface area contributed by atoms with Gasteiger partial charge in [-0.2, -0.15) is 5.10 Å². The molecule has 2 aliphatic heterocycles. The number of nitrogen functional groups attached to an aromatic ring is 1. The minimum Gasteiger partial charge on any atom is -0.383 e. The lowest BCUT2D eigenvalue weighted by atomic mass is 9.99. The summed E-state index contributed by atoms with van der Waals surface area (Å²) < 4.78 is 15.4. The van der Waals surface area contributed by atoms with E-state index in [0.717, 1.165) is 37.2 Å². The number of carbonyl (C=O) groups excluding carboxylic acids is 1. The Kier molecular flexibility index (Phi) is 4.98. The summed E-state index contributed by atoms with van der Waals surface area (Å²) in [5.74, 6) is 2.12. The van der Waals surface area contributed by atoms with Crippen molar-refractivity contribution in [2.45, 2.75) is 63.7 Å². The number of nitrogens with two attached hydrogens (primary N) is 1. The Bertz CT molecular complexity index is 1060. The van der Waals surface area contributed by atoms with Gasteiger partial charge in [-0.05, 0) is 63.5 Å². The molecule has 2 saturated heterocycles. The molecule has 2 N–H and O–H groups in total. The summed E-state index contributed by atoms with van der Waals surface area (Å²) >= 11 is 0. The monoisotopic (exact) mass is 452 g/mol. The van der Waals surface area contributed by atoms with Gasteiger partial charge in [-0.15, -0.1) is 0 Å². The minimum absolute atomic E-state index is 0.0351. The third-order valence-electron chi connectivity index (χ3n) is 8.23. The molecule has 2 saturated carbocycles. The number of anilines is 1. The molecule has 2 aliphatic carbocycles. The maximum Gasteiger partial charge on any atom is 0.257 e. The van der Waals surface area contributed by atoms with E-state index in [9.17, 15) is 9.18 Å². The normalized spacial score (nSPS) is 29.5. The van der Waals surface area contributed by atoms with Crippen LogP contribution in [0.2, 0.25) is 0 Å². The number of nitrogens with zero attached hydrogens (tertiary/aromatic N) is 5. The number of alkyl halides is 1. The van der Waals surface area contributed by atoms with Crippen LogP contribution in [0.4, 0.5) is 10.2 Å². The number of pyridine rings is 1. The first kappa shape index (κ1) is 21.1. The molecule has 8 heteroatoms. The van der Waals surface area contributed by atoms with Gasteiger partial charge < -0.3 is 10.6 Å². The number of fused-ring (bicyclic) bond motifs is 1. The molecule has 0 spiro atoms. The quantitative estimate of drug-likeness (QED) is 0.751. The van der Waals surface area contributed by atoms with Gasteiger partial charge in [0.15, 0.2) is 0 Å². The molecule has 0 bridgehead atoms. The highest BCUT2D eigenvalue weighted by molar-refractivity contribution is 5.99. The van der Waals surface area contributed by atoms with Gasteiger partial charge >= 0.3 is 0 Å². The maximum absolute atomic E-state index is 13.3. The number of amides is 1. The van der Waals surface area contributed by atoms with Gasteiger partial charge in [0, 0.05) is 61.6 Å². The molecule has 6 rings (SSSR count). The van der Waals surface area contributed by atoms with Gasteiger partial charge in [-0.3, -0.25) is 14.4 Å². The van der Waals surface area contributed by atoms with Crippen LogP contribution >= 0.6 is 0 Å². The molecule has 2 aromatic rings. The fourth-order valence-electron chi connectivity index (χ4n) is 6.39. The van der Waals surface area contributed by atoms with Gasteiger partial charge in [-0.1, -0.05) is 0 Å². The summed E-state index contributed by atoms with van der Waals surface area (Å²) in [6.45, 7) is 7.11. The first-order valence-electron chi connectivity index (χ1n) is 12.4. The summed E-state index contributed by atoms with van der Waals surface area (Å²) in [5.41, 5.74) is 9.54. The Hall–Kier alpha value is -2.48. The molecule has 7 nitrogen and oxygen atoms in total. The van der Waals surface area contributed by atoms with Crippen molar-refractivity contribution in [3.05, 3.63) is 29.6 Å². The molecule has 2 unspecified atom stereocenters. The number of carbonyl (C=O) groups is 1. The Morgan fingerprint density at radius 1 is 1.15 bits per heavy atom. The van der Waals surface area contributed by atoms with E-state index in [4.69, 9.17) is 10.8 Å². The van der Waals surface area contributed by atoms with Gasteiger partial charge in [0.05, 0.1) is 11.3 Å². The van der Waals surface area contributed by atoms with E-state index < -0.39 is 6.17 Å². The molecule has 4 heterocycles. The van der Waals surface area contributed by atoms with Gasteiger partial charge in [-0.25, -0.2) is 9.37 Å². The number of hydrogen-bond acceptors (Lipinski definition) is 5. The van der Waals surface area contributed by atoms with Crippen molar-refractivity contribution in [2.75, 3.05) is 31.9 Å². The SMILES string of the molecule is CC(C)n1nc(-c2cnc(N)c(C(=O)N3CCCC3)c2)cc1C1C2CC(N3CC(F)C3)CC21. The van der Waals surface area contributed by atoms with Crippen LogP contribution in [0.25, 0.3) is 11.3 Å². The van der Waals surface area contributed by atoms with Crippen LogP contribution in [0.15, 0.2) is 18.3 Å². The number of rotatable bonds is 5. The van der Waals surface area contributed by atoms with Crippen molar-refractivity contribution in [1.29, 1.82) is 0 Å². The van der Waals surface area contributed by atoms with Crippen molar-refractivity contribution in [3.63, 3.8) is 0 Å². The number of hydrogen-bond donors (Lipinski definition) is 1. The Morgan fingerprint density at radius 2 is 1.85 bits per heavy atom. The van der Waals surface area contributed by atoms with Crippen LogP contribution in [0.5, 0.6) is 0 Å². The zero-order valence-corrected chi connectivity index (χ0v) is 19.5. The lowest BCUT2D eigenvalue weighted by molar-refractivity contribution is 0.0247. The molecule has 2 atom stereocenters. The molecule has 1 amide bonds. The molecule has 176 valence electrons. The first-order valence-corrected chi connectivity index (χ1v) is 12.4. The number of aromatic nitrogens is 3. The molecular weight excluding hydrogens is 419 g/mol. The van der Waals surface area contributed by atoms with Crippen molar-refractivity contribution in [2.24, 2.45) is 11.8 Å². The average Bonchev–Trinajstić information content (AvgIpc) is 3.29. The highest BCUT2D eigenvalue weighted by atomic mass is 19.1. The van der Waals surface area contributed by atoms with Crippen molar-refractivity contribution in [3.8, 4) is 11.3 Å². The predicted molar refractivity (Wildman–Crippen MR) is 125 cm³/mol. The largest absolute Gasteiger partial charge is 0.383 e. The van der Waals surface area contributed by atoms with Gasteiger partial charge in [0.1, 0.15) is 12.0 Å². The van der Waals surface area contributed by atoms with Crippen LogP contribution < -0.4 is 5.73 Å². The zero-order valence-electron chi connectivity index (χ0n) is 19.5. The standard InChI is InChI=1S/C25H33FN6O/c1-14(2)32-22(23-18-8-17(9-19(18)23)31-12-16(26)13-31)10-21(29-32)15-7-20(24(27)28-11-15)25(33)30-5-3-4-6-30/h7,10-11,14,16-19,23H,3-6,8-9,12-13H2,1-2H3,(H2,27,28). The molecule has 2 aromatic heterocycles. The van der Waals surface area contributed by atoms with E-state index in [0.29, 0.717) is 42.4 Å². The molecular formula is C25H33FN6O. The lowest BCUT2D eigenvalue weighted by Crippen LogP contribution is -2.53. The van der Waals surface area contributed by atoms with Crippen molar-refractivity contribution < 1.29 is 9.18 Å². The van der Waals surface area contributed by atoms with E-state index in [-0.39, 0.29) is 17.8 Å². The summed E-state index contributed by atoms with van der Waals surface area (Å²) in [5, 5.41) is 4.94. The van der Waals surface area contributed by atoms with Crippen LogP contribution in [-0.4, -0.2) is 68.9 Å². The smallest absolute Gasteiger partial charge is 0.257 e. The zero-order chi connectivity index (χ0) is 22.9. The Labute approximate surface area is 194 Å². The lowest BCUT2D eigenvalue weighted by Gasteiger charge is -2.40. The minimum atomic E-state index is -0.626. The van der Waals surface area contributed by atoms with Crippen molar-refractivity contribution in [1.82, 2.24) is 24.6 Å². The predicted octanol–water partition coefficient (Wildman–Crippen LogP) is 3.49. The van der Waals surface area contributed by atoms with E-state index in [1.54, 1.807) is 6.20 Å². The topological polar surface area (TPSA) is 80.3 Å². The summed E-state index contributed by atoms with van der Waals surface area (Å²) in [6, 6.07) is 4.86. The molecule has 0 radical (unpaired) electrons. The second-order valence-corrected chi connectivity index (χ2v) is 10.7. The third kappa shape index (κ3) is 3.54. The van der Waals surface area contributed by atoms with E-state index >= 15 is 0 Å². The Balaban J connectivity index is 1.24. The second kappa shape index (κ2) is 7.79. The first-order chi connectivity index (χ1) is 15.9. The molecule has 4 fully saturated rings. The summed E-state index contributed by atoms with van der Waals surface area (Å²) in [4.78, 5) is 21.5. The van der Waals surface area contributed by atoms with E-state index in [2.05, 4.69) is 34.5 Å². The van der Waals surface area contributed by atoms with Gasteiger partial charge in [0.25, 0.3) is 5.91 Å².